The van der Waals surface area contributed by atoms with E-state index < -0.39 is 0 Å². The smallest absolute Gasteiger partial charge is 0.330 e. The van der Waals surface area contributed by atoms with Crippen LogP contribution in [0.15, 0.2) is 12.7 Å². The van der Waals surface area contributed by atoms with Crippen LogP contribution in [0.1, 0.15) is 32.1 Å². The number of aliphatic hydroxyl groups excluding tert-OH is 1. The van der Waals surface area contributed by atoms with E-state index in [2.05, 4.69) is 6.58 Å². The van der Waals surface area contributed by atoms with Gasteiger partial charge >= 0.3 is 5.97 Å². The second-order valence-corrected chi connectivity index (χ2v) is 4.23. The van der Waals surface area contributed by atoms with Gasteiger partial charge in [0.25, 0.3) is 0 Å². The minimum Gasteiger partial charge on any atom is -0.463 e. The largest absolute Gasteiger partial charge is 0.463 e. The van der Waals surface area contributed by atoms with Crippen LogP contribution >= 0.6 is 0 Å². The fraction of sp³-hybridized carbons (Fsp3) is 0.750. The fourth-order valence-electron chi connectivity index (χ4n) is 2.09. The van der Waals surface area contributed by atoms with Crippen molar-refractivity contribution in [1.29, 1.82) is 0 Å². The number of ether oxygens (including phenoxy) is 1. The Morgan fingerprint density at radius 3 is 2.47 bits per heavy atom. The molecule has 3 heteroatoms. The van der Waals surface area contributed by atoms with Gasteiger partial charge in [0.2, 0.25) is 0 Å². The minimum absolute atomic E-state index is 0.318. The molecule has 3 nitrogen and oxygen atoms in total. The summed E-state index contributed by atoms with van der Waals surface area (Å²) in [6.45, 7) is 4.16. The summed E-state index contributed by atoms with van der Waals surface area (Å²) in [6.07, 6.45) is 6.65. The van der Waals surface area contributed by atoms with Gasteiger partial charge in [-0.1, -0.05) is 6.58 Å². The quantitative estimate of drug-likeness (QED) is 0.559. The molecule has 0 aromatic heterocycles. The first-order valence-electron chi connectivity index (χ1n) is 5.66. The average Bonchev–Trinajstić information content (AvgIpc) is 2.29. The van der Waals surface area contributed by atoms with E-state index in [1.165, 1.54) is 6.08 Å². The van der Waals surface area contributed by atoms with E-state index in [4.69, 9.17) is 9.84 Å². The number of esters is 1. The summed E-state index contributed by atoms with van der Waals surface area (Å²) in [6, 6.07) is 0. The van der Waals surface area contributed by atoms with Gasteiger partial charge in [-0.05, 0) is 43.9 Å². The number of aliphatic hydroxyl groups is 1. The van der Waals surface area contributed by atoms with Gasteiger partial charge < -0.3 is 9.84 Å². The van der Waals surface area contributed by atoms with Gasteiger partial charge in [0.1, 0.15) is 0 Å². The van der Waals surface area contributed by atoms with Crippen molar-refractivity contribution in [3.8, 4) is 0 Å². The molecule has 86 valence electrons. The van der Waals surface area contributed by atoms with Crippen LogP contribution in [-0.4, -0.2) is 24.3 Å². The van der Waals surface area contributed by atoms with Crippen molar-refractivity contribution in [1.82, 2.24) is 0 Å². The van der Waals surface area contributed by atoms with Crippen molar-refractivity contribution in [3.63, 3.8) is 0 Å². The van der Waals surface area contributed by atoms with E-state index in [1.54, 1.807) is 0 Å². The molecule has 0 amide bonds. The summed E-state index contributed by atoms with van der Waals surface area (Å²) >= 11 is 0. The molecule has 0 aromatic carbocycles. The summed E-state index contributed by atoms with van der Waals surface area (Å²) in [4.78, 5) is 10.8. The van der Waals surface area contributed by atoms with E-state index in [9.17, 15) is 4.79 Å². The van der Waals surface area contributed by atoms with Crippen molar-refractivity contribution >= 4 is 5.97 Å². The summed E-state index contributed by atoms with van der Waals surface area (Å²) in [5.74, 6) is 0.821. The molecule has 0 saturated heterocycles. The molecule has 1 aliphatic carbocycles. The van der Waals surface area contributed by atoms with Gasteiger partial charge in [0.15, 0.2) is 0 Å². The lowest BCUT2D eigenvalue weighted by atomic mass is 9.81. The van der Waals surface area contributed by atoms with Gasteiger partial charge in [-0.25, -0.2) is 4.79 Å². The highest BCUT2D eigenvalue weighted by Gasteiger charge is 2.20. The van der Waals surface area contributed by atoms with Crippen LogP contribution in [0.4, 0.5) is 0 Å². The highest BCUT2D eigenvalue weighted by Crippen LogP contribution is 2.30. The van der Waals surface area contributed by atoms with Crippen molar-refractivity contribution < 1.29 is 14.6 Å². The normalized spacial score (nSPS) is 25.9. The Morgan fingerprint density at radius 2 is 1.93 bits per heavy atom. The Kier molecular flexibility index (Phi) is 5.40. The van der Waals surface area contributed by atoms with Crippen LogP contribution in [0.25, 0.3) is 0 Å². The second-order valence-electron chi connectivity index (χ2n) is 4.23. The first-order valence-corrected chi connectivity index (χ1v) is 5.66. The highest BCUT2D eigenvalue weighted by molar-refractivity contribution is 5.81. The zero-order chi connectivity index (χ0) is 11.1. The maximum atomic E-state index is 10.8. The molecule has 0 aliphatic heterocycles. The molecule has 0 aromatic rings. The number of rotatable bonds is 5. The van der Waals surface area contributed by atoms with Gasteiger partial charge in [0.05, 0.1) is 6.61 Å². The molecule has 0 radical (unpaired) electrons. The van der Waals surface area contributed by atoms with E-state index in [-0.39, 0.29) is 5.97 Å². The summed E-state index contributed by atoms with van der Waals surface area (Å²) in [7, 11) is 0. The van der Waals surface area contributed by atoms with Crippen molar-refractivity contribution in [2.75, 3.05) is 13.2 Å². The fourth-order valence-corrected chi connectivity index (χ4v) is 2.09. The Labute approximate surface area is 91.1 Å². The Bertz CT molecular complexity index is 205. The molecular weight excluding hydrogens is 192 g/mol. The van der Waals surface area contributed by atoms with Gasteiger partial charge in [-0.15, -0.1) is 0 Å². The van der Waals surface area contributed by atoms with E-state index in [0.717, 1.165) is 32.1 Å². The Morgan fingerprint density at radius 1 is 1.33 bits per heavy atom. The highest BCUT2D eigenvalue weighted by atomic mass is 16.5. The lowest BCUT2D eigenvalue weighted by Crippen LogP contribution is -2.18. The van der Waals surface area contributed by atoms with E-state index in [0.29, 0.717) is 25.0 Å². The van der Waals surface area contributed by atoms with Gasteiger partial charge in [0, 0.05) is 12.7 Å². The molecule has 1 fully saturated rings. The molecule has 0 spiro atoms. The lowest BCUT2D eigenvalue weighted by Gasteiger charge is -2.26. The van der Waals surface area contributed by atoms with E-state index >= 15 is 0 Å². The predicted octanol–water partition coefficient (Wildman–Crippen LogP) is 1.90. The Hall–Kier alpha value is -0.830. The third kappa shape index (κ3) is 4.47. The monoisotopic (exact) mass is 212 g/mol. The van der Waals surface area contributed by atoms with Crippen LogP contribution in [0.5, 0.6) is 0 Å². The minimum atomic E-state index is -0.334. The molecule has 15 heavy (non-hydrogen) atoms. The van der Waals surface area contributed by atoms with Crippen molar-refractivity contribution in [3.05, 3.63) is 12.7 Å². The third-order valence-corrected chi connectivity index (χ3v) is 3.16. The van der Waals surface area contributed by atoms with Gasteiger partial charge in [-0.3, -0.25) is 0 Å². The van der Waals surface area contributed by atoms with Crippen molar-refractivity contribution in [2.24, 2.45) is 11.8 Å². The zero-order valence-corrected chi connectivity index (χ0v) is 9.15. The molecular formula is C12H20O3. The maximum absolute atomic E-state index is 10.8. The van der Waals surface area contributed by atoms with Gasteiger partial charge in [-0.2, -0.15) is 0 Å². The van der Waals surface area contributed by atoms with Crippen molar-refractivity contribution in [2.45, 2.75) is 32.1 Å². The third-order valence-electron chi connectivity index (χ3n) is 3.16. The zero-order valence-electron chi connectivity index (χ0n) is 9.15. The molecule has 0 heterocycles. The topological polar surface area (TPSA) is 46.5 Å². The Balaban J connectivity index is 2.08. The standard InChI is InChI=1S/C12H20O3/c1-2-12(14)15-8-7-10-3-5-11(9-13)6-4-10/h2,10-11,13H,1,3-9H2. The number of hydrogen-bond acceptors (Lipinski definition) is 3. The summed E-state index contributed by atoms with van der Waals surface area (Å²) in [5, 5.41) is 8.98. The molecule has 0 unspecified atom stereocenters. The molecule has 1 saturated carbocycles. The number of carbonyl (C=O) groups excluding carboxylic acids is 1. The lowest BCUT2D eigenvalue weighted by molar-refractivity contribution is -0.138. The van der Waals surface area contributed by atoms with Crippen LogP contribution in [0.2, 0.25) is 0 Å². The molecule has 1 aliphatic rings. The number of hydrogen-bond donors (Lipinski definition) is 1. The van der Waals surface area contributed by atoms with Crippen LogP contribution in [0.3, 0.4) is 0 Å². The van der Waals surface area contributed by atoms with Crippen LogP contribution < -0.4 is 0 Å². The molecule has 1 N–H and O–H groups in total. The van der Waals surface area contributed by atoms with Crippen LogP contribution in [-0.2, 0) is 9.53 Å². The van der Waals surface area contributed by atoms with Crippen LogP contribution in [0, 0.1) is 11.8 Å². The summed E-state index contributed by atoms with van der Waals surface area (Å²) < 4.78 is 4.94. The molecule has 0 atom stereocenters. The van der Waals surface area contributed by atoms with E-state index in [1.807, 2.05) is 0 Å². The first-order chi connectivity index (χ1) is 7.26. The summed E-state index contributed by atoms with van der Waals surface area (Å²) in [5.41, 5.74) is 0. The number of carbonyl (C=O) groups is 1. The SMILES string of the molecule is C=CC(=O)OCCC1CCC(CO)CC1. The molecule has 0 bridgehead atoms. The predicted molar refractivity (Wildman–Crippen MR) is 58.3 cm³/mol. The maximum Gasteiger partial charge on any atom is 0.330 e. The average molecular weight is 212 g/mol. The molecule has 1 rings (SSSR count). The second kappa shape index (κ2) is 6.62. The first kappa shape index (κ1) is 12.2.